The molecule has 0 fully saturated rings. The molecule has 166 valence electrons. The van der Waals surface area contributed by atoms with Gasteiger partial charge in [0.05, 0.1) is 22.0 Å². The lowest BCUT2D eigenvalue weighted by molar-refractivity contribution is -0.141. The summed E-state index contributed by atoms with van der Waals surface area (Å²) in [6.45, 7) is 4.87. The fourth-order valence-electron chi connectivity index (χ4n) is 3.19. The van der Waals surface area contributed by atoms with E-state index in [-0.39, 0.29) is 21.8 Å². The van der Waals surface area contributed by atoms with Crippen LogP contribution in [0.2, 0.25) is 0 Å². The lowest BCUT2D eigenvalue weighted by atomic mass is 10.1. The second-order valence-corrected chi connectivity index (χ2v) is 8.26. The molecular formula is C20H20F4N4O2S. The molecule has 11 heteroatoms. The highest BCUT2D eigenvalue weighted by Gasteiger charge is 2.35. The van der Waals surface area contributed by atoms with E-state index in [1.807, 2.05) is 13.8 Å². The van der Waals surface area contributed by atoms with Gasteiger partial charge in [-0.05, 0) is 56.3 Å². The van der Waals surface area contributed by atoms with Crippen LogP contribution in [0.1, 0.15) is 19.5 Å². The number of sulfonamides is 1. The Balaban J connectivity index is 2.14. The van der Waals surface area contributed by atoms with Gasteiger partial charge in [0.15, 0.2) is 5.69 Å². The number of nitrogens with two attached hydrogens (primary N) is 1. The fraction of sp³-hybridized carbons (Fsp3) is 0.250. The van der Waals surface area contributed by atoms with E-state index < -0.39 is 27.7 Å². The average Bonchev–Trinajstić information content (AvgIpc) is 3.15. The topological polar surface area (TPSA) is 81.2 Å². The summed E-state index contributed by atoms with van der Waals surface area (Å²) in [5.41, 5.74) is -0.474. The largest absolute Gasteiger partial charge is 0.435 e. The van der Waals surface area contributed by atoms with Crippen molar-refractivity contribution in [3.8, 4) is 16.9 Å². The molecule has 31 heavy (non-hydrogen) atoms. The summed E-state index contributed by atoms with van der Waals surface area (Å²) in [5, 5.41) is 8.68. The van der Waals surface area contributed by atoms with Crippen LogP contribution < -0.4 is 10.0 Å². The Kier molecular flexibility index (Phi) is 6.10. The van der Waals surface area contributed by atoms with Gasteiger partial charge in [0.2, 0.25) is 10.0 Å². The SMILES string of the molecule is CCN(CC)c1ccc(-c2cc(C(F)(F)F)nn2-c2ccc(S(N)(=O)=O)cc2)cc1F. The number of aromatic nitrogens is 2. The van der Waals surface area contributed by atoms with Gasteiger partial charge in [0.25, 0.3) is 0 Å². The predicted octanol–water partition coefficient (Wildman–Crippen LogP) is 4.19. The third-order valence-electron chi connectivity index (χ3n) is 4.76. The monoisotopic (exact) mass is 456 g/mol. The molecule has 0 saturated carbocycles. The van der Waals surface area contributed by atoms with Crippen LogP contribution in [0.5, 0.6) is 0 Å². The molecule has 0 aliphatic heterocycles. The maximum atomic E-state index is 14.7. The number of anilines is 1. The molecule has 3 rings (SSSR count). The minimum atomic E-state index is -4.72. The van der Waals surface area contributed by atoms with Gasteiger partial charge in [-0.1, -0.05) is 6.07 Å². The lowest BCUT2D eigenvalue weighted by Gasteiger charge is -2.22. The van der Waals surface area contributed by atoms with Crippen molar-refractivity contribution >= 4 is 15.7 Å². The van der Waals surface area contributed by atoms with E-state index in [1.54, 1.807) is 4.90 Å². The van der Waals surface area contributed by atoms with Gasteiger partial charge in [0.1, 0.15) is 5.82 Å². The number of primary sulfonamides is 1. The summed E-state index contributed by atoms with van der Waals surface area (Å²) in [5.74, 6) is -0.577. The molecule has 3 aromatic rings. The van der Waals surface area contributed by atoms with E-state index in [9.17, 15) is 26.0 Å². The van der Waals surface area contributed by atoms with Crippen molar-refractivity contribution in [1.29, 1.82) is 0 Å². The minimum Gasteiger partial charge on any atom is -0.370 e. The first kappa shape index (κ1) is 22.8. The first-order chi connectivity index (χ1) is 14.5. The molecule has 2 aromatic carbocycles. The maximum Gasteiger partial charge on any atom is 0.435 e. The zero-order valence-electron chi connectivity index (χ0n) is 16.7. The number of hydrogen-bond donors (Lipinski definition) is 1. The number of rotatable bonds is 6. The van der Waals surface area contributed by atoms with Crippen LogP contribution in [-0.4, -0.2) is 31.3 Å². The van der Waals surface area contributed by atoms with Crippen LogP contribution in [0.15, 0.2) is 53.4 Å². The highest BCUT2D eigenvalue weighted by Crippen LogP contribution is 2.34. The Hall–Kier alpha value is -2.92. The summed E-state index contributed by atoms with van der Waals surface area (Å²) in [4.78, 5) is 1.58. The molecule has 0 atom stereocenters. The first-order valence-electron chi connectivity index (χ1n) is 9.31. The molecule has 0 aliphatic rings. The predicted molar refractivity (Wildman–Crippen MR) is 109 cm³/mol. The number of alkyl halides is 3. The van der Waals surface area contributed by atoms with Crippen LogP contribution in [0.25, 0.3) is 16.9 Å². The van der Waals surface area contributed by atoms with Crippen molar-refractivity contribution in [3.05, 3.63) is 60.0 Å². The van der Waals surface area contributed by atoms with E-state index in [0.717, 1.165) is 28.9 Å². The van der Waals surface area contributed by atoms with Crippen LogP contribution in [0.3, 0.4) is 0 Å². The van der Waals surface area contributed by atoms with E-state index in [2.05, 4.69) is 5.10 Å². The Morgan fingerprint density at radius 3 is 2.13 bits per heavy atom. The smallest absolute Gasteiger partial charge is 0.370 e. The molecule has 1 heterocycles. The van der Waals surface area contributed by atoms with Gasteiger partial charge in [-0.15, -0.1) is 0 Å². The standard InChI is InChI=1S/C20H20F4N4O2S/c1-3-27(4-2)17-10-5-13(11-16(17)21)18-12-19(20(22,23)24)26-28(18)14-6-8-15(9-7-14)31(25,29)30/h5-12H,3-4H2,1-2H3,(H2,25,29,30). The first-order valence-corrected chi connectivity index (χ1v) is 10.9. The molecule has 0 radical (unpaired) electrons. The third-order valence-corrected chi connectivity index (χ3v) is 5.69. The Labute approximate surface area is 177 Å². The van der Waals surface area contributed by atoms with E-state index in [1.165, 1.54) is 24.3 Å². The molecule has 0 unspecified atom stereocenters. The minimum absolute atomic E-state index is 0.000627. The summed E-state index contributed by atoms with van der Waals surface area (Å²) < 4.78 is 78.6. The summed E-state index contributed by atoms with van der Waals surface area (Å²) in [6.07, 6.45) is -4.72. The Bertz CT molecular complexity index is 1180. The Morgan fingerprint density at radius 1 is 1.03 bits per heavy atom. The molecule has 2 N–H and O–H groups in total. The molecular weight excluding hydrogens is 436 g/mol. The summed E-state index contributed by atoms with van der Waals surface area (Å²) >= 11 is 0. The van der Waals surface area contributed by atoms with Gasteiger partial charge < -0.3 is 4.90 Å². The maximum absolute atomic E-state index is 14.7. The molecule has 0 spiro atoms. The van der Waals surface area contributed by atoms with Crippen molar-refractivity contribution in [2.24, 2.45) is 5.14 Å². The van der Waals surface area contributed by atoms with Crippen molar-refractivity contribution in [2.45, 2.75) is 24.9 Å². The number of nitrogens with zero attached hydrogens (tertiary/aromatic N) is 3. The van der Waals surface area contributed by atoms with Gasteiger partial charge in [0, 0.05) is 18.7 Å². The highest BCUT2D eigenvalue weighted by molar-refractivity contribution is 7.89. The van der Waals surface area contributed by atoms with E-state index in [4.69, 9.17) is 5.14 Å². The third kappa shape index (κ3) is 4.72. The number of hydrogen-bond acceptors (Lipinski definition) is 4. The zero-order chi connectivity index (χ0) is 23.0. The van der Waals surface area contributed by atoms with Gasteiger partial charge >= 0.3 is 6.18 Å². The Morgan fingerprint density at radius 2 is 1.65 bits per heavy atom. The molecule has 6 nitrogen and oxygen atoms in total. The lowest BCUT2D eigenvalue weighted by Crippen LogP contribution is -2.22. The second kappa shape index (κ2) is 8.31. The molecule has 0 bridgehead atoms. The highest BCUT2D eigenvalue weighted by atomic mass is 32.2. The fourth-order valence-corrected chi connectivity index (χ4v) is 3.70. The zero-order valence-corrected chi connectivity index (χ0v) is 17.5. The van der Waals surface area contributed by atoms with E-state index in [0.29, 0.717) is 18.8 Å². The van der Waals surface area contributed by atoms with Crippen LogP contribution in [-0.2, 0) is 16.2 Å². The van der Waals surface area contributed by atoms with Crippen molar-refractivity contribution in [1.82, 2.24) is 9.78 Å². The average molecular weight is 456 g/mol. The normalized spacial score (nSPS) is 12.2. The van der Waals surface area contributed by atoms with Gasteiger partial charge in [-0.25, -0.2) is 22.6 Å². The van der Waals surface area contributed by atoms with Crippen LogP contribution in [0.4, 0.5) is 23.2 Å². The van der Waals surface area contributed by atoms with Gasteiger partial charge in [-0.2, -0.15) is 18.3 Å². The quantitative estimate of drug-likeness (QED) is 0.564. The van der Waals surface area contributed by atoms with E-state index >= 15 is 0 Å². The van der Waals surface area contributed by atoms with Crippen molar-refractivity contribution in [2.75, 3.05) is 18.0 Å². The molecule has 1 aromatic heterocycles. The second-order valence-electron chi connectivity index (χ2n) is 6.70. The number of benzene rings is 2. The van der Waals surface area contributed by atoms with Gasteiger partial charge in [-0.3, -0.25) is 0 Å². The molecule has 0 saturated heterocycles. The van der Waals surface area contributed by atoms with Crippen molar-refractivity contribution in [3.63, 3.8) is 0 Å². The molecule has 0 amide bonds. The summed E-state index contributed by atoms with van der Waals surface area (Å²) in [7, 11) is -3.97. The van der Waals surface area contributed by atoms with Crippen molar-refractivity contribution < 1.29 is 26.0 Å². The van der Waals surface area contributed by atoms with Crippen LogP contribution in [0, 0.1) is 5.82 Å². The number of halogens is 4. The summed E-state index contributed by atoms with van der Waals surface area (Å²) in [6, 6.07) is 9.86. The van der Waals surface area contributed by atoms with Crippen LogP contribution >= 0.6 is 0 Å². The molecule has 0 aliphatic carbocycles.